The molecule has 0 saturated heterocycles. The molecule has 3 nitrogen and oxygen atoms in total. The van der Waals surface area contributed by atoms with Crippen molar-refractivity contribution in [2.75, 3.05) is 0 Å². The van der Waals surface area contributed by atoms with Crippen LogP contribution in [0.1, 0.15) is 0 Å². The second-order valence-electron chi connectivity index (χ2n) is 6.69. The van der Waals surface area contributed by atoms with Gasteiger partial charge in [0, 0.05) is 25.5 Å². The van der Waals surface area contributed by atoms with Crippen molar-refractivity contribution in [2.45, 2.75) is 0 Å². The summed E-state index contributed by atoms with van der Waals surface area (Å²) in [5.41, 5.74) is 3.08. The molecule has 4 aromatic carbocycles. The van der Waals surface area contributed by atoms with Crippen molar-refractivity contribution in [3.63, 3.8) is 0 Å². The number of nitrogens with zero attached hydrogens (tertiary/aromatic N) is 3. The standard InChI is InChI=1S/C24H15Br2N3/c25-19-12-8-17(9-13-19)23-27-28-24(18-10-14-20(26)15-11-18)29(23)22-7-3-5-16-4-1-2-6-21(16)22/h1-15H. The van der Waals surface area contributed by atoms with E-state index in [1.165, 1.54) is 5.39 Å². The largest absolute Gasteiger partial charge is 0.274 e. The van der Waals surface area contributed by atoms with Crippen molar-refractivity contribution in [3.8, 4) is 28.5 Å². The van der Waals surface area contributed by atoms with Gasteiger partial charge in [0.25, 0.3) is 0 Å². The maximum Gasteiger partial charge on any atom is 0.168 e. The molecule has 0 aliphatic carbocycles. The van der Waals surface area contributed by atoms with Gasteiger partial charge in [-0.1, -0.05) is 92.5 Å². The molecular formula is C24H15Br2N3. The molecule has 0 unspecified atom stereocenters. The monoisotopic (exact) mass is 503 g/mol. The van der Waals surface area contributed by atoms with Gasteiger partial charge in [-0.3, -0.25) is 4.57 Å². The van der Waals surface area contributed by atoms with Gasteiger partial charge in [0.2, 0.25) is 0 Å². The van der Waals surface area contributed by atoms with Crippen LogP contribution in [-0.4, -0.2) is 14.8 Å². The molecule has 140 valence electrons. The Balaban J connectivity index is 1.82. The Labute approximate surface area is 185 Å². The van der Waals surface area contributed by atoms with Crippen molar-refractivity contribution < 1.29 is 0 Å². The van der Waals surface area contributed by atoms with Crippen LogP contribution in [0.2, 0.25) is 0 Å². The summed E-state index contributed by atoms with van der Waals surface area (Å²) in [6, 6.07) is 31.0. The van der Waals surface area contributed by atoms with E-state index in [0.717, 1.165) is 42.8 Å². The Kier molecular flexibility index (Phi) is 4.78. The number of benzene rings is 4. The smallest absolute Gasteiger partial charge is 0.168 e. The number of halogens is 2. The van der Waals surface area contributed by atoms with Crippen LogP contribution < -0.4 is 0 Å². The summed E-state index contributed by atoms with van der Waals surface area (Å²) in [4.78, 5) is 0. The van der Waals surface area contributed by atoms with Gasteiger partial charge in [0.1, 0.15) is 0 Å². The summed E-state index contributed by atoms with van der Waals surface area (Å²) in [7, 11) is 0. The highest BCUT2D eigenvalue weighted by atomic mass is 79.9. The molecule has 1 aromatic heterocycles. The van der Waals surface area contributed by atoms with E-state index in [-0.39, 0.29) is 0 Å². The lowest BCUT2D eigenvalue weighted by Crippen LogP contribution is -2.01. The van der Waals surface area contributed by atoms with E-state index in [0.29, 0.717) is 0 Å². The number of aromatic nitrogens is 3. The Morgan fingerprint density at radius 1 is 0.552 bits per heavy atom. The zero-order chi connectivity index (χ0) is 19.8. The van der Waals surface area contributed by atoms with Crippen LogP contribution in [-0.2, 0) is 0 Å². The first-order chi connectivity index (χ1) is 14.2. The second-order valence-corrected chi connectivity index (χ2v) is 8.53. The first-order valence-electron chi connectivity index (χ1n) is 9.16. The molecule has 5 aromatic rings. The van der Waals surface area contributed by atoms with E-state index in [9.17, 15) is 0 Å². The summed E-state index contributed by atoms with van der Waals surface area (Å²) in [5.74, 6) is 1.62. The van der Waals surface area contributed by atoms with Gasteiger partial charge in [-0.05, 0) is 35.7 Å². The van der Waals surface area contributed by atoms with Crippen LogP contribution in [0.15, 0.2) is 99.9 Å². The minimum atomic E-state index is 0.812. The van der Waals surface area contributed by atoms with E-state index >= 15 is 0 Å². The fraction of sp³-hybridized carbons (Fsp3) is 0. The summed E-state index contributed by atoms with van der Waals surface area (Å²) >= 11 is 7.03. The molecule has 0 radical (unpaired) electrons. The zero-order valence-electron chi connectivity index (χ0n) is 15.3. The molecule has 0 N–H and O–H groups in total. The fourth-order valence-corrected chi connectivity index (χ4v) is 4.02. The van der Waals surface area contributed by atoms with E-state index in [1.54, 1.807) is 0 Å². The number of hydrogen-bond donors (Lipinski definition) is 0. The quantitative estimate of drug-likeness (QED) is 0.258. The van der Waals surface area contributed by atoms with Gasteiger partial charge in [0.15, 0.2) is 11.6 Å². The molecule has 0 bridgehead atoms. The predicted octanol–water partition coefficient (Wildman–Crippen LogP) is 7.28. The molecule has 0 aliphatic heterocycles. The van der Waals surface area contributed by atoms with Gasteiger partial charge in [-0.2, -0.15) is 0 Å². The van der Waals surface area contributed by atoms with Crippen LogP contribution in [0.3, 0.4) is 0 Å². The molecule has 29 heavy (non-hydrogen) atoms. The molecule has 1 heterocycles. The number of fused-ring (bicyclic) bond motifs is 1. The summed E-state index contributed by atoms with van der Waals surface area (Å²) in [5, 5.41) is 11.5. The molecule has 5 heteroatoms. The number of hydrogen-bond acceptors (Lipinski definition) is 2. The van der Waals surface area contributed by atoms with Gasteiger partial charge in [0.05, 0.1) is 5.69 Å². The van der Waals surface area contributed by atoms with Crippen LogP contribution in [0, 0.1) is 0 Å². The zero-order valence-corrected chi connectivity index (χ0v) is 18.4. The van der Waals surface area contributed by atoms with E-state index in [1.807, 2.05) is 24.3 Å². The van der Waals surface area contributed by atoms with Crippen molar-refractivity contribution in [1.29, 1.82) is 0 Å². The second kappa shape index (κ2) is 7.58. The SMILES string of the molecule is Brc1ccc(-c2nnc(-c3ccc(Br)cc3)n2-c2cccc3ccccc23)cc1. The van der Waals surface area contributed by atoms with Crippen molar-refractivity contribution in [2.24, 2.45) is 0 Å². The molecule has 0 saturated carbocycles. The predicted molar refractivity (Wildman–Crippen MR) is 125 cm³/mol. The van der Waals surface area contributed by atoms with Crippen molar-refractivity contribution in [3.05, 3.63) is 99.9 Å². The Hall–Kier alpha value is -2.76. The van der Waals surface area contributed by atoms with E-state index < -0.39 is 0 Å². The average Bonchev–Trinajstić information content (AvgIpc) is 3.19. The Bertz CT molecular complexity index is 1240. The molecule has 0 fully saturated rings. The molecule has 0 amide bonds. The highest BCUT2D eigenvalue weighted by Crippen LogP contribution is 2.33. The molecular weight excluding hydrogens is 490 g/mol. The fourth-order valence-electron chi connectivity index (χ4n) is 3.49. The lowest BCUT2D eigenvalue weighted by molar-refractivity contribution is 1.08. The first-order valence-corrected chi connectivity index (χ1v) is 10.7. The van der Waals surface area contributed by atoms with Crippen LogP contribution in [0.5, 0.6) is 0 Å². The number of rotatable bonds is 3. The average molecular weight is 505 g/mol. The normalized spacial score (nSPS) is 11.1. The summed E-state index contributed by atoms with van der Waals surface area (Å²) in [6.07, 6.45) is 0. The molecule has 0 aliphatic rings. The Morgan fingerprint density at radius 2 is 1.07 bits per heavy atom. The Morgan fingerprint density at radius 3 is 1.66 bits per heavy atom. The summed E-state index contributed by atoms with van der Waals surface area (Å²) < 4.78 is 4.21. The first kappa shape index (κ1) is 18.3. The highest BCUT2D eigenvalue weighted by molar-refractivity contribution is 9.10. The van der Waals surface area contributed by atoms with E-state index in [4.69, 9.17) is 0 Å². The van der Waals surface area contributed by atoms with Crippen molar-refractivity contribution in [1.82, 2.24) is 14.8 Å². The molecule has 0 spiro atoms. The van der Waals surface area contributed by atoms with Crippen LogP contribution in [0.4, 0.5) is 0 Å². The molecule has 5 rings (SSSR count). The maximum absolute atomic E-state index is 4.58. The lowest BCUT2D eigenvalue weighted by atomic mass is 10.1. The minimum absolute atomic E-state index is 0.812. The van der Waals surface area contributed by atoms with Gasteiger partial charge >= 0.3 is 0 Å². The van der Waals surface area contributed by atoms with Gasteiger partial charge in [-0.15, -0.1) is 10.2 Å². The van der Waals surface area contributed by atoms with Crippen LogP contribution in [0.25, 0.3) is 39.2 Å². The highest BCUT2D eigenvalue weighted by Gasteiger charge is 2.18. The maximum atomic E-state index is 4.58. The topological polar surface area (TPSA) is 30.7 Å². The third-order valence-electron chi connectivity index (χ3n) is 4.88. The molecule has 0 atom stereocenters. The minimum Gasteiger partial charge on any atom is -0.274 e. The van der Waals surface area contributed by atoms with Crippen molar-refractivity contribution >= 4 is 42.6 Å². The van der Waals surface area contributed by atoms with Crippen LogP contribution >= 0.6 is 31.9 Å². The lowest BCUT2D eigenvalue weighted by Gasteiger charge is -2.14. The van der Waals surface area contributed by atoms with Gasteiger partial charge in [-0.25, -0.2) is 0 Å². The summed E-state index contributed by atoms with van der Waals surface area (Å²) in [6.45, 7) is 0. The third-order valence-corrected chi connectivity index (χ3v) is 5.93. The van der Waals surface area contributed by atoms with E-state index in [2.05, 4.69) is 113 Å². The third kappa shape index (κ3) is 3.41. The van der Waals surface area contributed by atoms with Gasteiger partial charge < -0.3 is 0 Å².